The molecule has 1 rings (SSSR count). The first-order valence-corrected chi connectivity index (χ1v) is 5.03. The Kier molecular flexibility index (Phi) is 4.41. The number of hydrogen-bond acceptors (Lipinski definition) is 3. The van der Waals surface area contributed by atoms with E-state index < -0.39 is 6.04 Å². The first-order valence-electron chi connectivity index (χ1n) is 5.03. The lowest BCUT2D eigenvalue weighted by Crippen LogP contribution is -2.35. The second-order valence-corrected chi connectivity index (χ2v) is 3.61. The van der Waals surface area contributed by atoms with Crippen molar-refractivity contribution < 1.29 is 9.53 Å². The fourth-order valence-electron chi connectivity index (χ4n) is 1.51. The molecule has 78 valence electrons. The van der Waals surface area contributed by atoms with Crippen LogP contribution in [0.25, 0.3) is 0 Å². The number of nitrogens with one attached hydrogen (secondary N) is 1. The maximum Gasteiger partial charge on any atom is 0.223 e. The van der Waals surface area contributed by atoms with E-state index in [1.54, 1.807) is 6.92 Å². The highest BCUT2D eigenvalue weighted by Gasteiger charge is 2.18. The average Bonchev–Trinajstić information content (AvgIpc) is 2.19. The summed E-state index contributed by atoms with van der Waals surface area (Å²) >= 11 is 0. The van der Waals surface area contributed by atoms with Crippen molar-refractivity contribution in [2.45, 2.75) is 44.8 Å². The van der Waals surface area contributed by atoms with Gasteiger partial charge in [-0.15, -0.1) is 0 Å². The maximum absolute atomic E-state index is 11.3. The molecule has 2 unspecified atom stereocenters. The molecule has 4 nitrogen and oxygen atoms in total. The quantitative estimate of drug-likeness (QED) is 0.731. The minimum atomic E-state index is -0.411. The Morgan fingerprint density at radius 1 is 1.71 bits per heavy atom. The minimum Gasteiger partial charge on any atom is -0.378 e. The van der Waals surface area contributed by atoms with Gasteiger partial charge in [-0.1, -0.05) is 0 Å². The largest absolute Gasteiger partial charge is 0.378 e. The zero-order valence-corrected chi connectivity index (χ0v) is 8.45. The number of carbonyl (C=O) groups excluding carboxylic acids is 1. The SMILES string of the molecule is CC(C#N)NC(=O)CC1CCCCO1. The lowest BCUT2D eigenvalue weighted by Gasteiger charge is -2.22. The summed E-state index contributed by atoms with van der Waals surface area (Å²) in [7, 11) is 0. The van der Waals surface area contributed by atoms with Gasteiger partial charge in [-0.25, -0.2) is 0 Å². The van der Waals surface area contributed by atoms with Crippen LogP contribution in [0.3, 0.4) is 0 Å². The lowest BCUT2D eigenvalue weighted by molar-refractivity contribution is -0.125. The molecule has 1 fully saturated rings. The summed E-state index contributed by atoms with van der Waals surface area (Å²) < 4.78 is 5.42. The van der Waals surface area contributed by atoms with Gasteiger partial charge in [-0.3, -0.25) is 4.79 Å². The molecular formula is C10H16N2O2. The smallest absolute Gasteiger partial charge is 0.223 e. The number of hydrogen-bond donors (Lipinski definition) is 1. The Morgan fingerprint density at radius 3 is 3.07 bits per heavy atom. The van der Waals surface area contributed by atoms with Crippen LogP contribution in [0.2, 0.25) is 0 Å². The zero-order chi connectivity index (χ0) is 10.4. The molecule has 0 bridgehead atoms. The van der Waals surface area contributed by atoms with Crippen LogP contribution >= 0.6 is 0 Å². The summed E-state index contributed by atoms with van der Waals surface area (Å²) in [5.74, 6) is -0.0917. The van der Waals surface area contributed by atoms with Gasteiger partial charge < -0.3 is 10.1 Å². The number of nitriles is 1. The molecule has 1 amide bonds. The number of rotatable bonds is 3. The van der Waals surface area contributed by atoms with Gasteiger partial charge in [0.2, 0.25) is 5.91 Å². The summed E-state index contributed by atoms with van der Waals surface area (Å²) in [4.78, 5) is 11.3. The molecule has 0 aliphatic carbocycles. The maximum atomic E-state index is 11.3. The Bertz CT molecular complexity index is 229. The van der Waals surface area contributed by atoms with Crippen molar-refractivity contribution in [3.05, 3.63) is 0 Å². The highest BCUT2D eigenvalue weighted by atomic mass is 16.5. The van der Waals surface area contributed by atoms with E-state index in [1.165, 1.54) is 0 Å². The first kappa shape index (κ1) is 11.0. The van der Waals surface area contributed by atoms with Gasteiger partial charge in [0.25, 0.3) is 0 Å². The third-order valence-electron chi connectivity index (χ3n) is 2.26. The molecule has 4 heteroatoms. The number of amides is 1. The molecular weight excluding hydrogens is 180 g/mol. The molecule has 1 N–H and O–H groups in total. The van der Waals surface area contributed by atoms with Crippen LogP contribution in [0.4, 0.5) is 0 Å². The third kappa shape index (κ3) is 3.75. The second kappa shape index (κ2) is 5.61. The molecule has 1 heterocycles. The van der Waals surface area contributed by atoms with Crippen molar-refractivity contribution in [3.63, 3.8) is 0 Å². The normalized spacial score (nSPS) is 23.6. The van der Waals surface area contributed by atoms with Crippen LogP contribution in [0.15, 0.2) is 0 Å². The average molecular weight is 196 g/mol. The molecule has 0 saturated carbocycles. The van der Waals surface area contributed by atoms with Crippen LogP contribution in [-0.4, -0.2) is 24.7 Å². The van der Waals surface area contributed by atoms with Crippen LogP contribution in [-0.2, 0) is 9.53 Å². The van der Waals surface area contributed by atoms with E-state index in [9.17, 15) is 4.79 Å². The highest BCUT2D eigenvalue weighted by Crippen LogP contribution is 2.15. The van der Waals surface area contributed by atoms with Gasteiger partial charge in [0, 0.05) is 6.61 Å². The Hall–Kier alpha value is -1.08. The lowest BCUT2D eigenvalue weighted by atomic mass is 10.1. The molecule has 1 saturated heterocycles. The Labute approximate surface area is 84.2 Å². The van der Waals surface area contributed by atoms with Gasteiger partial charge in [0.15, 0.2) is 0 Å². The summed E-state index contributed by atoms with van der Waals surface area (Å²) in [6.45, 7) is 2.42. The molecule has 14 heavy (non-hydrogen) atoms. The molecule has 1 aliphatic rings. The van der Waals surface area contributed by atoms with Gasteiger partial charge in [0.05, 0.1) is 18.6 Å². The van der Waals surface area contributed by atoms with E-state index in [2.05, 4.69) is 5.32 Å². The molecule has 0 aromatic carbocycles. The summed E-state index contributed by atoms with van der Waals surface area (Å²) in [6.07, 6.45) is 3.61. The molecule has 0 aromatic heterocycles. The molecule has 0 spiro atoms. The number of ether oxygens (including phenoxy) is 1. The third-order valence-corrected chi connectivity index (χ3v) is 2.26. The number of carbonyl (C=O) groups is 1. The van der Waals surface area contributed by atoms with E-state index in [0.717, 1.165) is 25.9 Å². The van der Waals surface area contributed by atoms with Crippen molar-refractivity contribution in [2.24, 2.45) is 0 Å². The zero-order valence-electron chi connectivity index (χ0n) is 8.45. The summed E-state index contributed by atoms with van der Waals surface area (Å²) in [5, 5.41) is 11.1. The highest BCUT2D eigenvalue weighted by molar-refractivity contribution is 5.77. The predicted octanol–water partition coefficient (Wildman–Crippen LogP) is 0.974. The topological polar surface area (TPSA) is 62.1 Å². The molecule has 1 aliphatic heterocycles. The molecule has 0 aromatic rings. The van der Waals surface area contributed by atoms with Crippen molar-refractivity contribution in [1.29, 1.82) is 5.26 Å². The van der Waals surface area contributed by atoms with Crippen molar-refractivity contribution in [2.75, 3.05) is 6.61 Å². The summed E-state index contributed by atoms with van der Waals surface area (Å²) in [5.41, 5.74) is 0. The van der Waals surface area contributed by atoms with Gasteiger partial charge in [-0.05, 0) is 26.2 Å². The predicted molar refractivity (Wildman–Crippen MR) is 51.4 cm³/mol. The molecule has 2 atom stereocenters. The van der Waals surface area contributed by atoms with Crippen LogP contribution in [0.1, 0.15) is 32.6 Å². The van der Waals surface area contributed by atoms with E-state index in [0.29, 0.717) is 6.42 Å². The standard InChI is InChI=1S/C10H16N2O2/c1-8(7-11)12-10(13)6-9-4-2-3-5-14-9/h8-9H,2-6H2,1H3,(H,12,13). The van der Waals surface area contributed by atoms with Gasteiger partial charge in [-0.2, -0.15) is 5.26 Å². The van der Waals surface area contributed by atoms with Crippen LogP contribution < -0.4 is 5.32 Å². The fourth-order valence-corrected chi connectivity index (χ4v) is 1.51. The van der Waals surface area contributed by atoms with Gasteiger partial charge in [0.1, 0.15) is 6.04 Å². The van der Waals surface area contributed by atoms with E-state index in [1.807, 2.05) is 6.07 Å². The Balaban J connectivity index is 2.22. The van der Waals surface area contributed by atoms with Gasteiger partial charge >= 0.3 is 0 Å². The number of nitrogens with zero attached hydrogens (tertiary/aromatic N) is 1. The van der Waals surface area contributed by atoms with E-state index in [-0.39, 0.29) is 12.0 Å². The fraction of sp³-hybridized carbons (Fsp3) is 0.800. The van der Waals surface area contributed by atoms with E-state index >= 15 is 0 Å². The monoisotopic (exact) mass is 196 g/mol. The van der Waals surface area contributed by atoms with E-state index in [4.69, 9.17) is 10.00 Å². The minimum absolute atomic E-state index is 0.0506. The van der Waals surface area contributed by atoms with Crippen LogP contribution in [0.5, 0.6) is 0 Å². The van der Waals surface area contributed by atoms with Crippen molar-refractivity contribution in [3.8, 4) is 6.07 Å². The Morgan fingerprint density at radius 2 is 2.50 bits per heavy atom. The first-order chi connectivity index (χ1) is 6.72. The van der Waals surface area contributed by atoms with Crippen molar-refractivity contribution >= 4 is 5.91 Å². The van der Waals surface area contributed by atoms with Crippen molar-refractivity contribution in [1.82, 2.24) is 5.32 Å². The summed E-state index contributed by atoms with van der Waals surface area (Å²) in [6, 6.07) is 1.55. The van der Waals surface area contributed by atoms with Crippen LogP contribution in [0, 0.1) is 11.3 Å². The molecule has 0 radical (unpaired) electrons. The second-order valence-electron chi connectivity index (χ2n) is 3.61.